The van der Waals surface area contributed by atoms with Gasteiger partial charge in [0.2, 0.25) is 5.95 Å². The molecule has 0 saturated heterocycles. The molecular formula is C12H14N6O3S2. The summed E-state index contributed by atoms with van der Waals surface area (Å²) in [6, 6.07) is 3.85. The van der Waals surface area contributed by atoms with Gasteiger partial charge in [0, 0.05) is 4.88 Å². The van der Waals surface area contributed by atoms with Crippen LogP contribution in [-0.2, 0) is 11.3 Å². The first kappa shape index (κ1) is 16.7. The maximum Gasteiger partial charge on any atom is 0.413 e. The highest BCUT2D eigenvalue weighted by atomic mass is 32.1. The summed E-state index contributed by atoms with van der Waals surface area (Å²) in [4.78, 5) is 30.6. The number of anilines is 3. The van der Waals surface area contributed by atoms with Gasteiger partial charge < -0.3 is 21.1 Å². The first-order valence-electron chi connectivity index (χ1n) is 6.31. The second-order valence-electron chi connectivity index (χ2n) is 4.18. The predicted octanol–water partition coefficient (Wildman–Crippen LogP) is 1.08. The maximum absolute atomic E-state index is 12.0. The Balaban J connectivity index is 2.18. The van der Waals surface area contributed by atoms with E-state index in [1.54, 1.807) is 11.3 Å². The number of carbonyl (C=O) groups excluding carboxylic acids is 1. The summed E-state index contributed by atoms with van der Waals surface area (Å²) in [5.74, 6) is 0.176. The third kappa shape index (κ3) is 4.66. The minimum atomic E-state index is -0.754. The van der Waals surface area contributed by atoms with Crippen LogP contribution in [0.3, 0.4) is 0 Å². The fourth-order valence-corrected chi connectivity index (χ4v) is 2.44. The molecule has 0 unspecified atom stereocenters. The Hall–Kier alpha value is -2.66. The number of aromatic amines is 1. The molecule has 2 rings (SSSR count). The van der Waals surface area contributed by atoms with Gasteiger partial charge in [-0.25, -0.2) is 4.79 Å². The maximum atomic E-state index is 12.0. The molecule has 122 valence electrons. The van der Waals surface area contributed by atoms with Gasteiger partial charge >= 0.3 is 6.09 Å². The highest BCUT2D eigenvalue weighted by Crippen LogP contribution is 2.17. The number of amides is 1. The van der Waals surface area contributed by atoms with E-state index in [9.17, 15) is 9.59 Å². The zero-order valence-electron chi connectivity index (χ0n) is 12.0. The van der Waals surface area contributed by atoms with Crippen molar-refractivity contribution in [2.45, 2.75) is 6.54 Å². The number of hydrogen-bond donors (Lipinski definition) is 5. The number of nitrogens with zero attached hydrogens (tertiary/aromatic N) is 1. The number of nitrogens with two attached hydrogens (primary N) is 1. The number of carbonyl (C=O) groups is 1. The number of H-pyrrole nitrogens is 1. The summed E-state index contributed by atoms with van der Waals surface area (Å²) in [6.45, 7) is 0.458. The van der Waals surface area contributed by atoms with Gasteiger partial charge in [0.1, 0.15) is 5.69 Å². The second kappa shape index (κ2) is 7.56. The number of thiophene rings is 1. The number of ether oxygens (including phenoxy) is 1. The monoisotopic (exact) mass is 354 g/mol. The van der Waals surface area contributed by atoms with E-state index < -0.39 is 11.7 Å². The number of methoxy groups -OCH3 is 1. The molecule has 0 radical (unpaired) electrons. The largest absolute Gasteiger partial charge is 0.453 e. The van der Waals surface area contributed by atoms with Crippen LogP contribution in [0.15, 0.2) is 22.3 Å². The van der Waals surface area contributed by atoms with Crippen molar-refractivity contribution in [2.24, 2.45) is 0 Å². The lowest BCUT2D eigenvalue weighted by Gasteiger charge is -2.13. The van der Waals surface area contributed by atoms with Crippen LogP contribution in [0.5, 0.6) is 0 Å². The van der Waals surface area contributed by atoms with Gasteiger partial charge in [-0.1, -0.05) is 6.07 Å². The van der Waals surface area contributed by atoms with Gasteiger partial charge in [-0.15, -0.1) is 11.3 Å². The van der Waals surface area contributed by atoms with Crippen LogP contribution in [-0.4, -0.2) is 28.3 Å². The van der Waals surface area contributed by atoms with Crippen molar-refractivity contribution in [1.82, 2.24) is 15.3 Å². The molecule has 0 spiro atoms. The van der Waals surface area contributed by atoms with E-state index in [1.165, 1.54) is 7.11 Å². The van der Waals surface area contributed by atoms with Crippen LogP contribution in [0.25, 0.3) is 0 Å². The standard InChI is InChI=1S/C12H14N6O3S2/c1-21-12(20)18-11(22)15-7-8(16-10(13)17-9(7)19)14-5-6-3-2-4-23-6/h2-4H,5H2,1H3,(H2,15,18,20,22)(H4,13,14,16,17,19). The number of nitrogens with one attached hydrogen (secondary N) is 4. The smallest absolute Gasteiger partial charge is 0.413 e. The lowest BCUT2D eigenvalue weighted by Crippen LogP contribution is -2.36. The number of alkyl carbamates (subject to hydrolysis) is 1. The Labute approximate surface area is 140 Å². The number of aromatic nitrogens is 2. The molecule has 0 aliphatic heterocycles. The van der Waals surface area contributed by atoms with Gasteiger partial charge in [0.05, 0.1) is 13.7 Å². The molecule has 0 aliphatic carbocycles. The van der Waals surface area contributed by atoms with Gasteiger partial charge in [-0.3, -0.25) is 15.1 Å². The highest BCUT2D eigenvalue weighted by molar-refractivity contribution is 7.80. The third-order valence-corrected chi connectivity index (χ3v) is 3.67. The van der Waals surface area contributed by atoms with Gasteiger partial charge in [-0.05, 0) is 23.7 Å². The van der Waals surface area contributed by atoms with E-state index >= 15 is 0 Å². The Morgan fingerprint density at radius 2 is 2.35 bits per heavy atom. The highest BCUT2D eigenvalue weighted by Gasteiger charge is 2.13. The van der Waals surface area contributed by atoms with Crippen molar-refractivity contribution < 1.29 is 9.53 Å². The molecule has 2 aromatic heterocycles. The van der Waals surface area contributed by atoms with Crippen molar-refractivity contribution >= 4 is 52.2 Å². The topological polar surface area (TPSA) is 134 Å². The number of hydrogen-bond acceptors (Lipinski definition) is 8. The van der Waals surface area contributed by atoms with Gasteiger partial charge in [0.15, 0.2) is 10.9 Å². The molecule has 0 bridgehead atoms. The fraction of sp³-hybridized carbons (Fsp3) is 0.167. The molecule has 2 aromatic rings. The molecule has 0 saturated carbocycles. The van der Waals surface area contributed by atoms with Crippen molar-refractivity contribution in [3.05, 3.63) is 32.7 Å². The van der Waals surface area contributed by atoms with Crippen molar-refractivity contribution in [3.63, 3.8) is 0 Å². The Kier molecular flexibility index (Phi) is 5.49. The SMILES string of the molecule is COC(=O)NC(=S)Nc1c(NCc2cccs2)nc(N)[nH]c1=O. The Bertz CT molecular complexity index is 759. The fourth-order valence-electron chi connectivity index (χ4n) is 1.61. The zero-order valence-corrected chi connectivity index (χ0v) is 13.6. The molecule has 0 atom stereocenters. The lowest BCUT2D eigenvalue weighted by atomic mass is 10.4. The van der Waals surface area contributed by atoms with Crippen LogP contribution < -0.4 is 27.2 Å². The van der Waals surface area contributed by atoms with Gasteiger partial charge in [0.25, 0.3) is 5.56 Å². The van der Waals surface area contributed by atoms with E-state index in [0.29, 0.717) is 6.54 Å². The first-order valence-corrected chi connectivity index (χ1v) is 7.60. The normalized spacial score (nSPS) is 9.96. The minimum Gasteiger partial charge on any atom is -0.453 e. The summed E-state index contributed by atoms with van der Waals surface area (Å²) in [6.07, 6.45) is -0.754. The molecule has 0 aliphatic rings. The van der Waals surface area contributed by atoms with Crippen molar-refractivity contribution in [3.8, 4) is 0 Å². The third-order valence-electron chi connectivity index (χ3n) is 2.59. The quantitative estimate of drug-likeness (QED) is 0.515. The summed E-state index contributed by atoms with van der Waals surface area (Å²) < 4.78 is 4.42. The van der Waals surface area contributed by atoms with E-state index in [0.717, 1.165) is 4.88 Å². The van der Waals surface area contributed by atoms with Crippen LogP contribution in [0, 0.1) is 0 Å². The molecule has 9 nitrogen and oxygen atoms in total. The van der Waals surface area contributed by atoms with Crippen LogP contribution in [0.4, 0.5) is 22.2 Å². The minimum absolute atomic E-state index is 0.0390. The summed E-state index contributed by atoms with van der Waals surface area (Å²) in [5, 5.41) is 9.67. The van der Waals surface area contributed by atoms with E-state index in [-0.39, 0.29) is 22.6 Å². The molecule has 11 heteroatoms. The molecular weight excluding hydrogens is 340 g/mol. The summed E-state index contributed by atoms with van der Waals surface area (Å²) in [7, 11) is 1.20. The van der Waals surface area contributed by atoms with E-state index in [4.69, 9.17) is 18.0 Å². The van der Waals surface area contributed by atoms with E-state index in [1.807, 2.05) is 17.5 Å². The summed E-state index contributed by atoms with van der Waals surface area (Å²) in [5.41, 5.74) is 5.07. The Morgan fingerprint density at radius 1 is 1.57 bits per heavy atom. The van der Waals surface area contributed by atoms with Crippen LogP contribution >= 0.6 is 23.6 Å². The first-order chi connectivity index (χ1) is 11.0. The van der Waals surface area contributed by atoms with Crippen LogP contribution in [0.2, 0.25) is 0 Å². The second-order valence-corrected chi connectivity index (χ2v) is 5.62. The Morgan fingerprint density at radius 3 is 3.00 bits per heavy atom. The van der Waals surface area contributed by atoms with Crippen LogP contribution in [0.1, 0.15) is 4.88 Å². The number of nitrogen functional groups attached to an aromatic ring is 1. The molecule has 1 amide bonds. The summed E-state index contributed by atoms with van der Waals surface area (Å²) >= 11 is 6.49. The number of rotatable bonds is 4. The molecule has 2 heterocycles. The lowest BCUT2D eigenvalue weighted by molar-refractivity contribution is 0.177. The average Bonchev–Trinajstić information content (AvgIpc) is 3.01. The molecule has 6 N–H and O–H groups in total. The number of thiocarbonyl (C=S) groups is 1. The van der Waals surface area contributed by atoms with Crippen molar-refractivity contribution in [2.75, 3.05) is 23.5 Å². The van der Waals surface area contributed by atoms with Crippen molar-refractivity contribution in [1.29, 1.82) is 0 Å². The van der Waals surface area contributed by atoms with E-state index in [2.05, 4.69) is 30.7 Å². The van der Waals surface area contributed by atoms with Gasteiger partial charge in [-0.2, -0.15) is 4.98 Å². The zero-order chi connectivity index (χ0) is 16.8. The molecule has 0 fully saturated rings. The molecule has 0 aromatic carbocycles. The molecule has 23 heavy (non-hydrogen) atoms. The average molecular weight is 354 g/mol. The predicted molar refractivity (Wildman–Crippen MR) is 92.7 cm³/mol.